The number of nitrogens with zero attached hydrogens (tertiary/aromatic N) is 2. The van der Waals surface area contributed by atoms with Crippen molar-refractivity contribution in [1.82, 2.24) is 15.2 Å². The van der Waals surface area contributed by atoms with Gasteiger partial charge in [0.05, 0.1) is 30.2 Å². The molecule has 2 aromatic heterocycles. The highest BCUT2D eigenvalue weighted by molar-refractivity contribution is 7.15. The summed E-state index contributed by atoms with van der Waals surface area (Å²) in [5.74, 6) is -0.216. The molecule has 2 aliphatic heterocycles. The van der Waals surface area contributed by atoms with Crippen molar-refractivity contribution in [2.75, 3.05) is 31.6 Å². The number of aromatic nitrogens is 1. The van der Waals surface area contributed by atoms with E-state index in [1.165, 1.54) is 23.9 Å². The maximum absolute atomic E-state index is 12.2. The summed E-state index contributed by atoms with van der Waals surface area (Å²) >= 11 is 1.46. The van der Waals surface area contributed by atoms with Crippen LogP contribution < -0.4 is 10.6 Å². The van der Waals surface area contributed by atoms with E-state index in [-0.39, 0.29) is 17.9 Å². The van der Waals surface area contributed by atoms with E-state index in [0.717, 1.165) is 43.0 Å². The second kappa shape index (κ2) is 8.20. The van der Waals surface area contributed by atoms with Crippen LogP contribution in [0.4, 0.5) is 5.13 Å². The summed E-state index contributed by atoms with van der Waals surface area (Å²) in [6, 6.07) is 1.61. The number of hydrogen-bond acceptors (Lipinski definition) is 7. The van der Waals surface area contributed by atoms with Crippen molar-refractivity contribution in [3.05, 3.63) is 34.7 Å². The summed E-state index contributed by atoms with van der Waals surface area (Å²) in [6.07, 6.45) is 5.88. The van der Waals surface area contributed by atoms with Crippen LogP contribution in [0.3, 0.4) is 0 Å². The second-order valence-electron chi connectivity index (χ2n) is 6.75. The third-order valence-electron chi connectivity index (χ3n) is 4.73. The minimum atomic E-state index is -0.236. The summed E-state index contributed by atoms with van der Waals surface area (Å²) in [4.78, 5) is 32.0. The molecular formula is C18H22N4O4S. The Morgan fingerprint density at radius 2 is 2.33 bits per heavy atom. The van der Waals surface area contributed by atoms with E-state index >= 15 is 0 Å². The van der Waals surface area contributed by atoms with Crippen molar-refractivity contribution in [1.29, 1.82) is 0 Å². The molecule has 2 aromatic rings. The Bertz CT molecular complexity index is 798. The molecule has 1 saturated heterocycles. The lowest BCUT2D eigenvalue weighted by molar-refractivity contribution is -0.122. The fraction of sp³-hybridized carbons (Fsp3) is 0.500. The van der Waals surface area contributed by atoms with E-state index in [1.807, 2.05) is 0 Å². The monoisotopic (exact) mass is 390 g/mol. The maximum Gasteiger partial charge on any atom is 0.260 e. The van der Waals surface area contributed by atoms with Gasteiger partial charge in [0, 0.05) is 37.5 Å². The number of ether oxygens (including phenoxy) is 1. The highest BCUT2D eigenvalue weighted by Gasteiger charge is 2.24. The van der Waals surface area contributed by atoms with Gasteiger partial charge in [0.25, 0.3) is 5.91 Å². The highest BCUT2D eigenvalue weighted by Crippen LogP contribution is 2.28. The lowest BCUT2D eigenvalue weighted by atomic mass is 10.2. The van der Waals surface area contributed by atoms with Gasteiger partial charge in [0.1, 0.15) is 6.26 Å². The first-order valence-corrected chi connectivity index (χ1v) is 9.92. The zero-order chi connectivity index (χ0) is 18.6. The minimum absolute atomic E-state index is 0.0203. The largest absolute Gasteiger partial charge is 0.472 e. The first-order valence-electron chi connectivity index (χ1n) is 9.10. The van der Waals surface area contributed by atoms with Crippen LogP contribution in [0, 0.1) is 0 Å². The van der Waals surface area contributed by atoms with Gasteiger partial charge < -0.3 is 14.5 Å². The van der Waals surface area contributed by atoms with Gasteiger partial charge in [-0.1, -0.05) is 0 Å². The Balaban J connectivity index is 1.28. The quantitative estimate of drug-likeness (QED) is 0.778. The number of nitrogens with one attached hydrogen (secondary N) is 2. The van der Waals surface area contributed by atoms with Gasteiger partial charge in [-0.25, -0.2) is 4.98 Å². The third kappa shape index (κ3) is 4.55. The predicted octanol–water partition coefficient (Wildman–Crippen LogP) is 1.64. The molecule has 0 aromatic carbocycles. The summed E-state index contributed by atoms with van der Waals surface area (Å²) in [5.41, 5.74) is 1.46. The summed E-state index contributed by atoms with van der Waals surface area (Å²) in [7, 11) is 0. The Morgan fingerprint density at radius 1 is 1.41 bits per heavy atom. The molecule has 1 fully saturated rings. The molecule has 0 radical (unpaired) electrons. The molecule has 8 nitrogen and oxygen atoms in total. The molecule has 2 N–H and O–H groups in total. The van der Waals surface area contributed by atoms with Crippen LogP contribution in [0.2, 0.25) is 0 Å². The van der Waals surface area contributed by atoms with Crippen molar-refractivity contribution in [2.45, 2.75) is 31.9 Å². The van der Waals surface area contributed by atoms with E-state index in [1.54, 1.807) is 6.07 Å². The third-order valence-corrected chi connectivity index (χ3v) is 5.73. The second-order valence-corrected chi connectivity index (χ2v) is 7.84. The molecule has 0 bridgehead atoms. The Morgan fingerprint density at radius 3 is 3.11 bits per heavy atom. The number of furan rings is 1. The SMILES string of the molecule is O=C(CN1CCc2nc(NC(=O)c3ccoc3)sc2C1)NCC1CCCO1. The number of carbonyl (C=O) groups is 2. The molecule has 4 rings (SSSR count). The number of rotatable bonds is 6. The van der Waals surface area contributed by atoms with Gasteiger partial charge in [-0.2, -0.15) is 0 Å². The summed E-state index contributed by atoms with van der Waals surface area (Å²) < 4.78 is 10.5. The van der Waals surface area contributed by atoms with Crippen LogP contribution >= 0.6 is 11.3 Å². The molecule has 4 heterocycles. The van der Waals surface area contributed by atoms with E-state index in [4.69, 9.17) is 9.15 Å². The van der Waals surface area contributed by atoms with Gasteiger partial charge in [-0.15, -0.1) is 11.3 Å². The molecule has 1 unspecified atom stereocenters. The lowest BCUT2D eigenvalue weighted by Gasteiger charge is -2.25. The molecule has 0 spiro atoms. The average Bonchev–Trinajstić information content (AvgIpc) is 3.40. The van der Waals surface area contributed by atoms with Crippen LogP contribution in [-0.4, -0.2) is 54.0 Å². The average molecular weight is 390 g/mol. The van der Waals surface area contributed by atoms with Gasteiger partial charge in [-0.3, -0.25) is 19.8 Å². The van der Waals surface area contributed by atoms with Crippen molar-refractivity contribution in [3.63, 3.8) is 0 Å². The van der Waals surface area contributed by atoms with Crippen LogP contribution in [0.5, 0.6) is 0 Å². The van der Waals surface area contributed by atoms with Gasteiger partial charge in [0.2, 0.25) is 5.91 Å². The fourth-order valence-electron chi connectivity index (χ4n) is 3.29. The summed E-state index contributed by atoms with van der Waals surface area (Å²) in [5, 5.41) is 6.34. The number of carbonyl (C=O) groups excluding carboxylic acids is 2. The Hall–Kier alpha value is -2.23. The number of anilines is 1. The Kier molecular flexibility index (Phi) is 5.51. The molecule has 27 heavy (non-hydrogen) atoms. The first-order chi connectivity index (χ1) is 13.2. The first kappa shape index (κ1) is 18.1. The highest BCUT2D eigenvalue weighted by atomic mass is 32.1. The van der Waals surface area contributed by atoms with Gasteiger partial charge in [0.15, 0.2) is 5.13 Å². The number of hydrogen-bond donors (Lipinski definition) is 2. The maximum atomic E-state index is 12.2. The van der Waals surface area contributed by atoms with Gasteiger partial charge in [-0.05, 0) is 18.9 Å². The molecule has 2 aliphatic rings. The molecule has 0 aliphatic carbocycles. The van der Waals surface area contributed by atoms with E-state index in [0.29, 0.717) is 30.3 Å². The van der Waals surface area contributed by atoms with Gasteiger partial charge >= 0.3 is 0 Å². The normalized spacial score (nSPS) is 19.6. The predicted molar refractivity (Wildman–Crippen MR) is 99.7 cm³/mol. The van der Waals surface area contributed by atoms with E-state index in [2.05, 4.69) is 20.5 Å². The smallest absolute Gasteiger partial charge is 0.260 e. The van der Waals surface area contributed by atoms with Crippen LogP contribution in [-0.2, 0) is 22.5 Å². The number of fused-ring (bicyclic) bond motifs is 1. The van der Waals surface area contributed by atoms with Crippen LogP contribution in [0.15, 0.2) is 23.0 Å². The zero-order valence-corrected chi connectivity index (χ0v) is 15.7. The van der Waals surface area contributed by atoms with Crippen molar-refractivity contribution >= 4 is 28.3 Å². The topological polar surface area (TPSA) is 96.7 Å². The van der Waals surface area contributed by atoms with Crippen molar-refractivity contribution in [3.8, 4) is 0 Å². The van der Waals surface area contributed by atoms with Crippen LogP contribution in [0.25, 0.3) is 0 Å². The molecular weight excluding hydrogens is 368 g/mol. The minimum Gasteiger partial charge on any atom is -0.472 e. The Labute approximate surface area is 160 Å². The standard InChI is InChI=1S/C18H22N4O4S/c23-16(19-8-13-2-1-6-26-13)10-22-5-3-14-15(9-22)27-18(20-14)21-17(24)12-4-7-25-11-12/h4,7,11,13H,1-3,5-6,8-10H2,(H,19,23)(H,20,21,24). The van der Waals surface area contributed by atoms with Crippen molar-refractivity contribution in [2.24, 2.45) is 0 Å². The molecule has 144 valence electrons. The molecule has 2 amide bonds. The number of amides is 2. The molecule has 9 heteroatoms. The fourth-order valence-corrected chi connectivity index (χ4v) is 4.34. The van der Waals surface area contributed by atoms with E-state index in [9.17, 15) is 9.59 Å². The molecule has 0 saturated carbocycles. The molecule has 1 atom stereocenters. The summed E-state index contributed by atoms with van der Waals surface area (Å²) in [6.45, 7) is 3.19. The number of thiazole rings is 1. The lowest BCUT2D eigenvalue weighted by Crippen LogP contribution is -2.41. The van der Waals surface area contributed by atoms with E-state index < -0.39 is 0 Å². The zero-order valence-electron chi connectivity index (χ0n) is 14.9. The van der Waals surface area contributed by atoms with Crippen LogP contribution in [0.1, 0.15) is 33.8 Å². The van der Waals surface area contributed by atoms with Crippen molar-refractivity contribution < 1.29 is 18.7 Å².